The molecule has 0 spiro atoms. The summed E-state index contributed by atoms with van der Waals surface area (Å²) in [5.41, 5.74) is 10.5. The zero-order valence-corrected chi connectivity index (χ0v) is 18.7. The van der Waals surface area contributed by atoms with Crippen molar-refractivity contribution in [3.8, 4) is 11.4 Å². The smallest absolute Gasteiger partial charge is 0.274 e. The number of carbonyl (C=O) groups is 1. The number of H-pyrrole nitrogens is 1. The largest absolute Gasteiger partial charge is 0.398 e. The van der Waals surface area contributed by atoms with Crippen LogP contribution in [0, 0.1) is 5.41 Å². The van der Waals surface area contributed by atoms with E-state index in [1.54, 1.807) is 43.7 Å². The second kappa shape index (κ2) is 9.02. The van der Waals surface area contributed by atoms with Crippen LogP contribution in [-0.2, 0) is 0 Å². The lowest BCUT2D eigenvalue weighted by Crippen LogP contribution is -2.26. The van der Waals surface area contributed by atoms with Crippen molar-refractivity contribution >= 4 is 45.9 Å². The second-order valence-electron chi connectivity index (χ2n) is 7.83. The topological polar surface area (TPSA) is 150 Å². The van der Waals surface area contributed by atoms with Crippen LogP contribution in [0.4, 0.5) is 22.9 Å². The summed E-state index contributed by atoms with van der Waals surface area (Å²) in [6.45, 7) is 0. The third-order valence-corrected chi connectivity index (χ3v) is 5.54. The van der Waals surface area contributed by atoms with E-state index in [0.717, 1.165) is 22.2 Å². The summed E-state index contributed by atoms with van der Waals surface area (Å²) in [6.07, 6.45) is 5.96. The Bertz CT molecular complexity index is 1550. The Balaban J connectivity index is 1.41. The first kappa shape index (κ1) is 21.7. The van der Waals surface area contributed by atoms with E-state index < -0.39 is 0 Å². The van der Waals surface area contributed by atoms with Gasteiger partial charge in [0.25, 0.3) is 5.91 Å². The Labute approximate surface area is 200 Å². The van der Waals surface area contributed by atoms with Gasteiger partial charge in [-0.2, -0.15) is 10.2 Å². The number of fused-ring (bicyclic) bond motifs is 1. The molecule has 1 amide bonds. The minimum atomic E-state index is -0.189. The number of nitrogens with zero attached hydrogens (tertiary/aromatic N) is 5. The zero-order chi connectivity index (χ0) is 24.4. The van der Waals surface area contributed by atoms with Crippen molar-refractivity contribution in [2.24, 2.45) is 0 Å². The maximum Gasteiger partial charge on any atom is 0.274 e. The summed E-state index contributed by atoms with van der Waals surface area (Å²) < 4.78 is 0. The highest BCUT2D eigenvalue weighted by Gasteiger charge is 2.17. The maximum atomic E-state index is 12.9. The van der Waals surface area contributed by atoms with Gasteiger partial charge in [0.1, 0.15) is 11.5 Å². The van der Waals surface area contributed by atoms with Crippen LogP contribution in [0.2, 0.25) is 0 Å². The molecule has 5 rings (SSSR count). The monoisotopic (exact) mass is 463 g/mol. The van der Waals surface area contributed by atoms with E-state index in [4.69, 9.17) is 11.1 Å². The number of carbonyl (C=O) groups excluding carboxylic acids is 1. The number of amides is 1. The van der Waals surface area contributed by atoms with Gasteiger partial charge in [-0.15, -0.1) is 0 Å². The molecule has 0 saturated heterocycles. The molecule has 3 aromatic heterocycles. The van der Waals surface area contributed by atoms with Crippen LogP contribution in [-0.4, -0.2) is 44.3 Å². The molecule has 0 aliphatic rings. The molecule has 35 heavy (non-hydrogen) atoms. The van der Waals surface area contributed by atoms with Gasteiger partial charge in [-0.05, 0) is 42.5 Å². The number of benzene rings is 2. The van der Waals surface area contributed by atoms with E-state index >= 15 is 0 Å². The Morgan fingerprint density at radius 2 is 1.97 bits per heavy atom. The Morgan fingerprint density at radius 1 is 1.09 bits per heavy atom. The van der Waals surface area contributed by atoms with Crippen molar-refractivity contribution in [2.45, 2.75) is 0 Å². The summed E-state index contributed by atoms with van der Waals surface area (Å²) in [5, 5.41) is 19.2. The third kappa shape index (κ3) is 4.40. The third-order valence-electron chi connectivity index (χ3n) is 5.54. The van der Waals surface area contributed by atoms with E-state index in [2.05, 4.69) is 30.5 Å². The van der Waals surface area contributed by atoms with Gasteiger partial charge in [-0.1, -0.05) is 12.1 Å². The molecule has 0 aliphatic heterocycles. The molecule has 2 aromatic carbocycles. The first-order valence-corrected chi connectivity index (χ1v) is 10.7. The molecule has 0 unspecified atom stereocenters. The fourth-order valence-corrected chi connectivity index (χ4v) is 3.65. The number of anilines is 4. The van der Waals surface area contributed by atoms with Crippen LogP contribution in [0.3, 0.4) is 0 Å². The molecule has 3 heterocycles. The normalized spacial score (nSPS) is 10.8. The lowest BCUT2D eigenvalue weighted by atomic mass is 10.1. The lowest BCUT2D eigenvalue weighted by molar-refractivity contribution is 0.0989. The Kier molecular flexibility index (Phi) is 5.60. The van der Waals surface area contributed by atoms with Gasteiger partial charge in [0.05, 0.1) is 18.1 Å². The molecule has 0 atom stereocenters. The molecule has 5 N–H and O–H groups in total. The summed E-state index contributed by atoms with van der Waals surface area (Å²) in [6, 6.07) is 16.4. The average Bonchev–Trinajstić information content (AvgIpc) is 3.33. The van der Waals surface area contributed by atoms with Gasteiger partial charge < -0.3 is 26.3 Å². The fourth-order valence-electron chi connectivity index (χ4n) is 3.65. The van der Waals surface area contributed by atoms with Crippen LogP contribution >= 0.6 is 0 Å². The summed E-state index contributed by atoms with van der Waals surface area (Å²) in [4.78, 5) is 26.7. The Hall–Kier alpha value is -5.12. The fraction of sp³-hybridized carbons (Fsp3) is 0.0400. The molecule has 0 saturated carbocycles. The molecular weight excluding hydrogens is 442 g/mol. The Morgan fingerprint density at radius 3 is 2.77 bits per heavy atom. The van der Waals surface area contributed by atoms with Crippen molar-refractivity contribution < 1.29 is 4.79 Å². The number of nitrogen functional groups attached to an aromatic ring is 1. The van der Waals surface area contributed by atoms with Gasteiger partial charge in [0, 0.05) is 52.9 Å². The predicted octanol–water partition coefficient (Wildman–Crippen LogP) is 4.01. The van der Waals surface area contributed by atoms with Crippen molar-refractivity contribution in [2.75, 3.05) is 23.0 Å². The van der Waals surface area contributed by atoms with Crippen molar-refractivity contribution in [3.05, 3.63) is 84.4 Å². The molecule has 0 fully saturated rings. The van der Waals surface area contributed by atoms with E-state index in [-0.39, 0.29) is 5.91 Å². The van der Waals surface area contributed by atoms with Crippen LogP contribution in [0.25, 0.3) is 22.3 Å². The van der Waals surface area contributed by atoms with Crippen LogP contribution in [0.1, 0.15) is 16.1 Å². The SMILES string of the molecule is CN(C(=O)c1cc2ccc(-c3nccc(Nc4ccc(N)c(C=N)c4)n3)cc2[nH]1)c1ccnnc1. The minimum Gasteiger partial charge on any atom is -0.398 e. The van der Waals surface area contributed by atoms with Gasteiger partial charge in [-0.3, -0.25) is 4.79 Å². The molecule has 0 aliphatic carbocycles. The highest BCUT2D eigenvalue weighted by molar-refractivity contribution is 6.07. The minimum absolute atomic E-state index is 0.189. The number of nitrogens with one attached hydrogen (secondary N) is 3. The molecule has 10 heteroatoms. The van der Waals surface area contributed by atoms with E-state index in [1.165, 1.54) is 17.3 Å². The molecule has 0 bridgehead atoms. The maximum absolute atomic E-state index is 12.9. The first-order chi connectivity index (χ1) is 17.0. The predicted molar refractivity (Wildman–Crippen MR) is 136 cm³/mol. The molecule has 172 valence electrons. The summed E-state index contributed by atoms with van der Waals surface area (Å²) in [5.74, 6) is 0.943. The van der Waals surface area contributed by atoms with E-state index in [0.29, 0.717) is 34.3 Å². The van der Waals surface area contributed by atoms with Gasteiger partial charge in [-0.25, -0.2) is 9.97 Å². The number of aromatic amines is 1. The van der Waals surface area contributed by atoms with Crippen LogP contribution in [0.5, 0.6) is 0 Å². The molecule has 10 nitrogen and oxygen atoms in total. The molecule has 5 aromatic rings. The second-order valence-corrected chi connectivity index (χ2v) is 7.83. The van der Waals surface area contributed by atoms with Crippen LogP contribution < -0.4 is 16.0 Å². The molecular formula is C25H21N9O. The highest BCUT2D eigenvalue weighted by Crippen LogP contribution is 2.25. The standard InChI is InChI=1S/C25H21N9O/c1-34(19-6-9-29-30-14-19)25(35)22-11-15-2-3-16(12-21(15)32-22)24-28-8-7-23(33-24)31-18-4-5-20(27)17(10-18)13-26/h2-14,26,32H,27H2,1H3,(H,28,31,33). The number of hydrogen-bond acceptors (Lipinski definition) is 8. The highest BCUT2D eigenvalue weighted by atomic mass is 16.2. The average molecular weight is 464 g/mol. The zero-order valence-electron chi connectivity index (χ0n) is 18.7. The number of nitrogens with two attached hydrogens (primary N) is 1. The molecule has 0 radical (unpaired) electrons. The van der Waals surface area contributed by atoms with Crippen molar-refractivity contribution in [1.29, 1.82) is 5.41 Å². The van der Waals surface area contributed by atoms with Gasteiger partial charge >= 0.3 is 0 Å². The summed E-state index contributed by atoms with van der Waals surface area (Å²) in [7, 11) is 1.69. The van der Waals surface area contributed by atoms with Gasteiger partial charge in [0.15, 0.2) is 5.82 Å². The van der Waals surface area contributed by atoms with Crippen molar-refractivity contribution in [1.82, 2.24) is 25.1 Å². The quantitative estimate of drug-likeness (QED) is 0.219. The van der Waals surface area contributed by atoms with E-state index in [9.17, 15) is 4.79 Å². The lowest BCUT2D eigenvalue weighted by Gasteiger charge is -2.15. The number of hydrogen-bond donors (Lipinski definition) is 4. The first-order valence-electron chi connectivity index (χ1n) is 10.7. The van der Waals surface area contributed by atoms with Gasteiger partial charge in [0.2, 0.25) is 0 Å². The number of rotatable bonds is 6. The summed E-state index contributed by atoms with van der Waals surface area (Å²) >= 11 is 0. The van der Waals surface area contributed by atoms with E-state index in [1.807, 2.05) is 30.3 Å². The number of aromatic nitrogens is 5. The van der Waals surface area contributed by atoms with Crippen LogP contribution in [0.15, 0.2) is 73.2 Å². The van der Waals surface area contributed by atoms with Crippen molar-refractivity contribution in [3.63, 3.8) is 0 Å².